The molecule has 0 aliphatic carbocycles. The van der Waals surface area contributed by atoms with E-state index in [4.69, 9.17) is 4.74 Å². The molecule has 1 aliphatic rings. The molecule has 1 aromatic heterocycles. The van der Waals surface area contributed by atoms with Crippen molar-refractivity contribution in [3.05, 3.63) is 23.9 Å². The van der Waals surface area contributed by atoms with Crippen LogP contribution in [-0.2, 0) is 6.54 Å². The van der Waals surface area contributed by atoms with E-state index in [1.807, 2.05) is 12.1 Å². The zero-order valence-electron chi connectivity index (χ0n) is 11.9. The Kier molecular flexibility index (Phi) is 4.74. The van der Waals surface area contributed by atoms with Crippen LogP contribution < -0.4 is 4.74 Å². The number of likely N-dealkylation sites (tertiary alicyclic amines) is 1. The second-order valence-electron chi connectivity index (χ2n) is 5.41. The van der Waals surface area contributed by atoms with Gasteiger partial charge in [-0.05, 0) is 26.6 Å². The zero-order valence-corrected chi connectivity index (χ0v) is 11.9. The Morgan fingerprint density at radius 1 is 1.53 bits per heavy atom. The van der Waals surface area contributed by atoms with Crippen molar-refractivity contribution >= 4 is 0 Å². The molecule has 2 heterocycles. The maximum absolute atomic E-state index is 9.88. The van der Waals surface area contributed by atoms with Crippen LogP contribution >= 0.6 is 0 Å². The first kappa shape index (κ1) is 14.2. The Labute approximate surface area is 114 Å². The Morgan fingerprint density at radius 3 is 3.00 bits per heavy atom. The lowest BCUT2D eigenvalue weighted by Crippen LogP contribution is -2.37. The maximum atomic E-state index is 9.88. The molecular weight excluding hydrogens is 242 g/mol. The molecule has 19 heavy (non-hydrogen) atoms. The minimum absolute atomic E-state index is 0.229. The van der Waals surface area contributed by atoms with Crippen LogP contribution in [0.1, 0.15) is 12.0 Å². The molecule has 2 unspecified atom stereocenters. The van der Waals surface area contributed by atoms with Crippen LogP contribution in [0.3, 0.4) is 0 Å². The lowest BCUT2D eigenvalue weighted by atomic mass is 10.2. The molecule has 2 rings (SSSR count). The predicted molar refractivity (Wildman–Crippen MR) is 74.2 cm³/mol. The summed E-state index contributed by atoms with van der Waals surface area (Å²) in [5.41, 5.74) is 1.07. The number of aliphatic hydroxyl groups excluding tert-OH is 1. The van der Waals surface area contributed by atoms with Gasteiger partial charge in [-0.1, -0.05) is 6.07 Å². The van der Waals surface area contributed by atoms with Gasteiger partial charge in [0.1, 0.15) is 0 Å². The molecule has 0 amide bonds. The highest BCUT2D eigenvalue weighted by atomic mass is 16.5. The van der Waals surface area contributed by atoms with Crippen molar-refractivity contribution in [3.63, 3.8) is 0 Å². The lowest BCUT2D eigenvalue weighted by Gasteiger charge is -2.26. The molecule has 0 radical (unpaired) electrons. The summed E-state index contributed by atoms with van der Waals surface area (Å²) in [4.78, 5) is 8.70. The summed E-state index contributed by atoms with van der Waals surface area (Å²) < 4.78 is 5.29. The Morgan fingerprint density at radius 2 is 2.32 bits per heavy atom. The molecule has 1 fully saturated rings. The van der Waals surface area contributed by atoms with Crippen molar-refractivity contribution in [3.8, 4) is 5.88 Å². The highest BCUT2D eigenvalue weighted by molar-refractivity contribution is 5.25. The van der Waals surface area contributed by atoms with E-state index in [2.05, 4.69) is 28.9 Å². The fourth-order valence-corrected chi connectivity index (χ4v) is 2.71. The molecule has 2 atom stereocenters. The minimum Gasteiger partial charge on any atom is -0.481 e. The van der Waals surface area contributed by atoms with Gasteiger partial charge in [-0.15, -0.1) is 0 Å². The molecule has 1 aliphatic heterocycles. The number of β-amino-alcohol motifs (C(OH)–C–C–N with tert-alkyl or cyclic N) is 1. The summed E-state index contributed by atoms with van der Waals surface area (Å²) >= 11 is 0. The fraction of sp³-hybridized carbons (Fsp3) is 0.643. The number of aromatic nitrogens is 1. The van der Waals surface area contributed by atoms with Crippen LogP contribution in [0.4, 0.5) is 0 Å². The van der Waals surface area contributed by atoms with E-state index >= 15 is 0 Å². The van der Waals surface area contributed by atoms with Gasteiger partial charge in [0, 0.05) is 37.4 Å². The third-order valence-corrected chi connectivity index (χ3v) is 3.50. The number of hydrogen-bond donors (Lipinski definition) is 1. The SMILES string of the molecule is COc1ncccc1CN1CC(O)CC1CN(C)C. The van der Waals surface area contributed by atoms with Gasteiger partial charge in [0.05, 0.1) is 13.2 Å². The van der Waals surface area contributed by atoms with Crippen LogP contribution in [0.5, 0.6) is 5.88 Å². The third-order valence-electron chi connectivity index (χ3n) is 3.50. The number of pyridine rings is 1. The average Bonchev–Trinajstić information content (AvgIpc) is 2.69. The maximum Gasteiger partial charge on any atom is 0.217 e. The summed E-state index contributed by atoms with van der Waals surface area (Å²) in [6, 6.07) is 4.34. The molecule has 106 valence electrons. The smallest absolute Gasteiger partial charge is 0.217 e. The van der Waals surface area contributed by atoms with Gasteiger partial charge in [-0.3, -0.25) is 4.90 Å². The van der Waals surface area contributed by atoms with Gasteiger partial charge in [-0.2, -0.15) is 0 Å². The number of hydrogen-bond acceptors (Lipinski definition) is 5. The summed E-state index contributed by atoms with van der Waals surface area (Å²) in [7, 11) is 5.77. The molecule has 1 saturated heterocycles. The summed E-state index contributed by atoms with van der Waals surface area (Å²) in [6.45, 7) is 2.45. The van der Waals surface area contributed by atoms with Gasteiger partial charge < -0.3 is 14.7 Å². The van der Waals surface area contributed by atoms with Gasteiger partial charge >= 0.3 is 0 Å². The van der Waals surface area contributed by atoms with E-state index in [0.29, 0.717) is 11.9 Å². The molecule has 1 N–H and O–H groups in total. The van der Waals surface area contributed by atoms with Crippen molar-refractivity contribution in [1.82, 2.24) is 14.8 Å². The highest BCUT2D eigenvalue weighted by Gasteiger charge is 2.31. The van der Waals surface area contributed by atoms with E-state index in [1.165, 1.54) is 0 Å². The Hall–Kier alpha value is -1.17. The molecule has 0 saturated carbocycles. The normalized spacial score (nSPS) is 24.1. The number of rotatable bonds is 5. The topological polar surface area (TPSA) is 48.8 Å². The first-order valence-electron chi connectivity index (χ1n) is 6.65. The third kappa shape index (κ3) is 3.65. The van der Waals surface area contributed by atoms with E-state index in [1.54, 1.807) is 13.3 Å². The second-order valence-corrected chi connectivity index (χ2v) is 5.41. The number of likely N-dealkylation sites (N-methyl/N-ethyl adjacent to an activating group) is 1. The average molecular weight is 265 g/mol. The van der Waals surface area contributed by atoms with Crippen molar-refractivity contribution < 1.29 is 9.84 Å². The van der Waals surface area contributed by atoms with Crippen LogP contribution in [-0.4, -0.2) is 66.3 Å². The molecule has 0 bridgehead atoms. The summed E-state index contributed by atoms with van der Waals surface area (Å²) in [6.07, 6.45) is 2.34. The van der Waals surface area contributed by atoms with E-state index in [0.717, 1.165) is 31.6 Å². The summed E-state index contributed by atoms with van der Waals surface area (Å²) in [5, 5.41) is 9.88. The van der Waals surface area contributed by atoms with Crippen LogP contribution in [0.25, 0.3) is 0 Å². The van der Waals surface area contributed by atoms with Gasteiger partial charge in [0.2, 0.25) is 5.88 Å². The van der Waals surface area contributed by atoms with Crippen molar-refractivity contribution in [2.45, 2.75) is 25.1 Å². The summed E-state index contributed by atoms with van der Waals surface area (Å²) in [5.74, 6) is 0.674. The largest absolute Gasteiger partial charge is 0.481 e. The fourth-order valence-electron chi connectivity index (χ4n) is 2.71. The standard InChI is InChI=1S/C14H23N3O2/c1-16(2)9-12-7-13(18)10-17(12)8-11-5-4-6-15-14(11)19-3/h4-6,12-13,18H,7-10H2,1-3H3. The van der Waals surface area contributed by atoms with Crippen molar-refractivity contribution in [2.24, 2.45) is 0 Å². The number of nitrogens with zero attached hydrogens (tertiary/aromatic N) is 3. The highest BCUT2D eigenvalue weighted by Crippen LogP contribution is 2.24. The van der Waals surface area contributed by atoms with Gasteiger partial charge in [0.15, 0.2) is 0 Å². The predicted octanol–water partition coefficient (Wildman–Crippen LogP) is 0.587. The molecule has 0 spiro atoms. The number of ether oxygens (including phenoxy) is 1. The first-order chi connectivity index (χ1) is 9.10. The lowest BCUT2D eigenvalue weighted by molar-refractivity contribution is 0.168. The number of methoxy groups -OCH3 is 1. The minimum atomic E-state index is -0.229. The quantitative estimate of drug-likeness (QED) is 0.844. The molecule has 5 nitrogen and oxygen atoms in total. The van der Waals surface area contributed by atoms with Crippen LogP contribution in [0, 0.1) is 0 Å². The van der Waals surface area contributed by atoms with Gasteiger partial charge in [-0.25, -0.2) is 4.98 Å². The van der Waals surface area contributed by atoms with E-state index in [9.17, 15) is 5.11 Å². The second kappa shape index (κ2) is 6.32. The molecular formula is C14H23N3O2. The number of aliphatic hydroxyl groups is 1. The van der Waals surface area contributed by atoms with Crippen LogP contribution in [0.15, 0.2) is 18.3 Å². The zero-order chi connectivity index (χ0) is 13.8. The van der Waals surface area contributed by atoms with Crippen molar-refractivity contribution in [2.75, 3.05) is 34.3 Å². The Balaban J connectivity index is 2.07. The van der Waals surface area contributed by atoms with Gasteiger partial charge in [0.25, 0.3) is 0 Å². The van der Waals surface area contributed by atoms with E-state index < -0.39 is 0 Å². The first-order valence-corrected chi connectivity index (χ1v) is 6.65. The molecule has 1 aromatic rings. The molecule has 0 aromatic carbocycles. The molecule has 5 heteroatoms. The van der Waals surface area contributed by atoms with Crippen LogP contribution in [0.2, 0.25) is 0 Å². The van der Waals surface area contributed by atoms with Crippen molar-refractivity contribution in [1.29, 1.82) is 0 Å². The monoisotopic (exact) mass is 265 g/mol. The van der Waals surface area contributed by atoms with E-state index in [-0.39, 0.29) is 6.10 Å². The Bertz CT molecular complexity index is 411.